The van der Waals surface area contributed by atoms with E-state index in [4.69, 9.17) is 4.74 Å². The van der Waals surface area contributed by atoms with E-state index in [0.717, 1.165) is 29.1 Å². The molecule has 7 nitrogen and oxygen atoms in total. The van der Waals surface area contributed by atoms with Crippen molar-refractivity contribution in [1.29, 1.82) is 0 Å². The predicted molar refractivity (Wildman–Crippen MR) is 79.8 cm³/mol. The quantitative estimate of drug-likeness (QED) is 0.471. The van der Waals surface area contributed by atoms with Crippen molar-refractivity contribution < 1.29 is 19.1 Å². The van der Waals surface area contributed by atoms with E-state index in [1.807, 2.05) is 0 Å². The van der Waals surface area contributed by atoms with Crippen LogP contribution < -0.4 is 0 Å². The van der Waals surface area contributed by atoms with Crippen LogP contribution in [0.2, 0.25) is 0 Å². The molecule has 0 aromatic carbocycles. The van der Waals surface area contributed by atoms with Crippen LogP contribution in [-0.4, -0.2) is 45.8 Å². The molecular formula is C16H17N3O4. The summed E-state index contributed by atoms with van der Waals surface area (Å²) < 4.78 is 4.80. The zero-order chi connectivity index (χ0) is 16.4. The monoisotopic (exact) mass is 315 g/mol. The number of aryl methyl sites for hydroxylation is 2. The molecule has 1 aromatic heterocycles. The topological polar surface area (TPSA) is 89.5 Å². The van der Waals surface area contributed by atoms with Gasteiger partial charge in [-0.15, -0.1) is 0 Å². The van der Waals surface area contributed by atoms with Gasteiger partial charge in [0.05, 0.1) is 17.9 Å². The van der Waals surface area contributed by atoms with Crippen LogP contribution in [0, 0.1) is 0 Å². The molecule has 3 rings (SSSR count). The lowest BCUT2D eigenvalue weighted by atomic mass is 10.1. The largest absolute Gasteiger partial charge is 0.464 e. The second kappa shape index (κ2) is 6.28. The molecule has 1 aliphatic carbocycles. The maximum atomic E-state index is 12.4. The van der Waals surface area contributed by atoms with Crippen LogP contribution in [0.25, 0.3) is 0 Å². The molecule has 2 aliphatic rings. The molecule has 0 N–H and O–H groups in total. The number of fused-ring (bicyclic) bond motifs is 2. The van der Waals surface area contributed by atoms with Crippen molar-refractivity contribution in [2.45, 2.75) is 32.6 Å². The zero-order valence-corrected chi connectivity index (χ0v) is 12.9. The van der Waals surface area contributed by atoms with Crippen LogP contribution in [0.15, 0.2) is 12.2 Å². The van der Waals surface area contributed by atoms with Crippen LogP contribution in [0.4, 0.5) is 0 Å². The highest BCUT2D eigenvalue weighted by Crippen LogP contribution is 2.23. The van der Waals surface area contributed by atoms with Gasteiger partial charge in [0.2, 0.25) is 0 Å². The van der Waals surface area contributed by atoms with Gasteiger partial charge in [-0.1, -0.05) is 12.2 Å². The van der Waals surface area contributed by atoms with Gasteiger partial charge < -0.3 is 4.74 Å². The summed E-state index contributed by atoms with van der Waals surface area (Å²) in [5, 5.41) is 0. The van der Waals surface area contributed by atoms with Gasteiger partial charge in [-0.05, 0) is 25.7 Å². The molecule has 23 heavy (non-hydrogen) atoms. The molecule has 7 heteroatoms. The summed E-state index contributed by atoms with van der Waals surface area (Å²) >= 11 is 0. The highest BCUT2D eigenvalue weighted by molar-refractivity contribution is 6.19. The Morgan fingerprint density at radius 3 is 2.09 bits per heavy atom. The number of carbonyl (C=O) groups is 3. The molecule has 0 saturated carbocycles. The smallest absolute Gasteiger partial charge is 0.302 e. The van der Waals surface area contributed by atoms with Crippen LogP contribution in [-0.2, 0) is 22.4 Å². The van der Waals surface area contributed by atoms with Gasteiger partial charge in [0.25, 0.3) is 11.8 Å². The first-order chi connectivity index (χ1) is 11.1. The molecule has 120 valence electrons. The van der Waals surface area contributed by atoms with Gasteiger partial charge >= 0.3 is 5.97 Å². The minimum atomic E-state index is -0.468. The van der Waals surface area contributed by atoms with Gasteiger partial charge in [-0.25, -0.2) is 9.97 Å². The molecule has 0 saturated heterocycles. The molecule has 0 fully saturated rings. The summed E-state index contributed by atoms with van der Waals surface area (Å²) in [5.41, 5.74) is 1.80. The zero-order valence-electron chi connectivity index (χ0n) is 12.9. The number of hydrogen-bond acceptors (Lipinski definition) is 6. The molecule has 2 heterocycles. The molecule has 0 unspecified atom stereocenters. The third kappa shape index (κ3) is 2.99. The standard InChI is InChI=1S/C16H17N3O4/c1-10(20)23-9-8-19-15(21)13-14(16(19)22)18-12-7-5-3-2-4-6-11(12)17-13/h2-3H,4-9H2,1H3/b3-2+. The Labute approximate surface area is 133 Å². The van der Waals surface area contributed by atoms with E-state index in [1.54, 1.807) is 0 Å². The van der Waals surface area contributed by atoms with Crippen LogP contribution in [0.5, 0.6) is 0 Å². The molecule has 0 bridgehead atoms. The van der Waals surface area contributed by atoms with Crippen molar-refractivity contribution in [2.75, 3.05) is 13.2 Å². The number of carbonyl (C=O) groups excluding carboxylic acids is 3. The van der Waals surface area contributed by atoms with Crippen molar-refractivity contribution in [1.82, 2.24) is 14.9 Å². The maximum absolute atomic E-state index is 12.4. The lowest BCUT2D eigenvalue weighted by Gasteiger charge is -2.12. The van der Waals surface area contributed by atoms with Gasteiger partial charge in [0.15, 0.2) is 11.4 Å². The number of imide groups is 1. The predicted octanol–water partition coefficient (Wildman–Crippen LogP) is 1.07. The fraction of sp³-hybridized carbons (Fsp3) is 0.438. The van der Waals surface area contributed by atoms with Crippen LogP contribution in [0.1, 0.15) is 52.1 Å². The van der Waals surface area contributed by atoms with E-state index in [9.17, 15) is 14.4 Å². The molecule has 2 amide bonds. The summed E-state index contributed by atoms with van der Waals surface area (Å²) in [6.45, 7) is 1.27. The van der Waals surface area contributed by atoms with Gasteiger partial charge in [-0.2, -0.15) is 0 Å². The summed E-state index contributed by atoms with van der Waals surface area (Å²) in [7, 11) is 0. The van der Waals surface area contributed by atoms with Crippen molar-refractivity contribution in [3.8, 4) is 0 Å². The van der Waals surface area contributed by atoms with Crippen molar-refractivity contribution in [3.05, 3.63) is 34.9 Å². The van der Waals surface area contributed by atoms with Crippen molar-refractivity contribution >= 4 is 17.8 Å². The van der Waals surface area contributed by atoms with E-state index in [0.29, 0.717) is 12.8 Å². The van der Waals surface area contributed by atoms with Crippen molar-refractivity contribution in [3.63, 3.8) is 0 Å². The number of rotatable bonds is 3. The average molecular weight is 315 g/mol. The molecule has 1 aliphatic heterocycles. The first kappa shape index (κ1) is 15.3. The van der Waals surface area contributed by atoms with E-state index in [-0.39, 0.29) is 24.5 Å². The first-order valence-electron chi connectivity index (χ1n) is 7.62. The number of allylic oxidation sites excluding steroid dienone is 2. The Morgan fingerprint density at radius 2 is 1.61 bits per heavy atom. The number of aromatic nitrogens is 2. The Hall–Kier alpha value is -2.57. The summed E-state index contributed by atoms with van der Waals surface area (Å²) in [5.74, 6) is -1.39. The van der Waals surface area contributed by atoms with E-state index in [2.05, 4.69) is 22.1 Å². The highest BCUT2D eigenvalue weighted by atomic mass is 16.5. The second-order valence-electron chi connectivity index (χ2n) is 5.46. The molecule has 0 atom stereocenters. The SMILES string of the molecule is CC(=O)OCCN1C(=O)c2nc3c(nc2C1=O)CC/C=C/CC3. The van der Waals surface area contributed by atoms with Gasteiger partial charge in [-0.3, -0.25) is 19.3 Å². The highest BCUT2D eigenvalue weighted by Gasteiger charge is 2.39. The number of nitrogens with zero attached hydrogens (tertiary/aromatic N) is 3. The average Bonchev–Trinajstić information content (AvgIpc) is 2.71. The fourth-order valence-electron chi connectivity index (χ4n) is 2.71. The number of amides is 2. The molecule has 0 radical (unpaired) electrons. The third-order valence-corrected chi connectivity index (χ3v) is 3.83. The fourth-order valence-corrected chi connectivity index (χ4v) is 2.71. The second-order valence-corrected chi connectivity index (χ2v) is 5.46. The van der Waals surface area contributed by atoms with Gasteiger partial charge in [0, 0.05) is 6.92 Å². The lowest BCUT2D eigenvalue weighted by Crippen LogP contribution is -2.33. The number of ether oxygens (including phenoxy) is 1. The molecular weight excluding hydrogens is 298 g/mol. The normalized spacial score (nSPS) is 18.0. The molecule has 1 aromatic rings. The van der Waals surface area contributed by atoms with Crippen LogP contribution in [0.3, 0.4) is 0 Å². The lowest BCUT2D eigenvalue weighted by molar-refractivity contribution is -0.141. The number of hydrogen-bond donors (Lipinski definition) is 0. The minimum absolute atomic E-state index is 0.0154. The number of esters is 1. The first-order valence-corrected chi connectivity index (χ1v) is 7.62. The van der Waals surface area contributed by atoms with Gasteiger partial charge in [0.1, 0.15) is 6.61 Å². The third-order valence-electron chi connectivity index (χ3n) is 3.83. The summed E-state index contributed by atoms with van der Waals surface area (Å²) in [4.78, 5) is 45.4. The molecule has 0 spiro atoms. The summed E-state index contributed by atoms with van der Waals surface area (Å²) in [6, 6.07) is 0. The van der Waals surface area contributed by atoms with E-state index in [1.165, 1.54) is 6.92 Å². The Balaban J connectivity index is 1.85. The minimum Gasteiger partial charge on any atom is -0.464 e. The maximum Gasteiger partial charge on any atom is 0.302 e. The van der Waals surface area contributed by atoms with E-state index < -0.39 is 17.8 Å². The Bertz CT molecular complexity index is 663. The van der Waals surface area contributed by atoms with Crippen molar-refractivity contribution in [2.24, 2.45) is 0 Å². The Morgan fingerprint density at radius 1 is 1.09 bits per heavy atom. The Kier molecular flexibility index (Phi) is 4.18. The van der Waals surface area contributed by atoms with E-state index >= 15 is 0 Å². The van der Waals surface area contributed by atoms with Crippen LogP contribution >= 0.6 is 0 Å². The summed E-state index contributed by atoms with van der Waals surface area (Å²) in [6.07, 6.45) is 7.30.